The third-order valence-corrected chi connectivity index (χ3v) is 6.53. The Hall–Kier alpha value is -3.45. The van der Waals surface area contributed by atoms with Gasteiger partial charge in [-0.05, 0) is 68.6 Å². The van der Waals surface area contributed by atoms with Gasteiger partial charge in [0.1, 0.15) is 23.2 Å². The van der Waals surface area contributed by atoms with Gasteiger partial charge in [-0.3, -0.25) is 4.99 Å². The van der Waals surface area contributed by atoms with Crippen LogP contribution in [0.1, 0.15) is 30.5 Å². The van der Waals surface area contributed by atoms with Crippen molar-refractivity contribution in [2.75, 3.05) is 50.0 Å². The largest absolute Gasteiger partial charge is 0.424 e. The quantitative estimate of drug-likeness (QED) is 0.709. The Kier molecular flexibility index (Phi) is 6.20. The van der Waals surface area contributed by atoms with Crippen LogP contribution in [0, 0.1) is 6.92 Å². The first-order valence-electron chi connectivity index (χ1n) is 11.9. The number of amidine groups is 1. The van der Waals surface area contributed by atoms with Crippen LogP contribution in [0.15, 0.2) is 52.6 Å². The Labute approximate surface area is 201 Å². The molecule has 0 spiro atoms. The SMILES string of the molecule is C/C=C/C1=CC(Nc2cc(N3CCN(C)CC3)nc(Oc3ccc4c(c3C)C=C(C)C4)n2)=NC1. The van der Waals surface area contributed by atoms with Gasteiger partial charge in [-0.1, -0.05) is 29.9 Å². The predicted octanol–water partition coefficient (Wildman–Crippen LogP) is 4.62. The third-order valence-electron chi connectivity index (χ3n) is 6.53. The van der Waals surface area contributed by atoms with E-state index in [1.165, 1.54) is 22.3 Å². The minimum absolute atomic E-state index is 0.344. The lowest BCUT2D eigenvalue weighted by Gasteiger charge is -2.33. The molecule has 1 aromatic heterocycles. The molecule has 3 aliphatic rings. The lowest BCUT2D eigenvalue weighted by molar-refractivity contribution is 0.311. The number of fused-ring (bicyclic) bond motifs is 1. The van der Waals surface area contributed by atoms with Crippen molar-refractivity contribution in [2.24, 2.45) is 4.99 Å². The van der Waals surface area contributed by atoms with E-state index < -0.39 is 0 Å². The van der Waals surface area contributed by atoms with Crippen LogP contribution in [-0.4, -0.2) is 60.5 Å². The predicted molar refractivity (Wildman–Crippen MR) is 139 cm³/mol. The number of hydrogen-bond acceptors (Lipinski definition) is 7. The molecular formula is C27H32N6O. The molecule has 3 heterocycles. The first kappa shape index (κ1) is 22.3. The number of ether oxygens (including phenoxy) is 1. The molecule has 5 rings (SSSR count). The van der Waals surface area contributed by atoms with Crippen LogP contribution in [0.25, 0.3) is 6.08 Å². The van der Waals surface area contributed by atoms with E-state index in [4.69, 9.17) is 14.7 Å². The van der Waals surface area contributed by atoms with E-state index in [0.29, 0.717) is 18.4 Å². The summed E-state index contributed by atoms with van der Waals surface area (Å²) in [6, 6.07) is 6.52. The van der Waals surface area contributed by atoms with E-state index in [-0.39, 0.29) is 0 Å². The van der Waals surface area contributed by atoms with Crippen LogP contribution in [0.5, 0.6) is 11.8 Å². The molecule has 34 heavy (non-hydrogen) atoms. The third kappa shape index (κ3) is 4.75. The number of likely N-dealkylation sites (N-methyl/N-ethyl adjacent to an activating group) is 1. The highest BCUT2D eigenvalue weighted by Crippen LogP contribution is 2.35. The van der Waals surface area contributed by atoms with Crippen LogP contribution >= 0.6 is 0 Å². The summed E-state index contributed by atoms with van der Waals surface area (Å²) in [4.78, 5) is 18.7. The van der Waals surface area contributed by atoms with Crippen molar-refractivity contribution in [2.45, 2.75) is 27.2 Å². The zero-order valence-electron chi connectivity index (χ0n) is 20.4. The number of nitrogens with one attached hydrogen (secondary N) is 1. The number of aliphatic imine (C=N–C) groups is 1. The summed E-state index contributed by atoms with van der Waals surface area (Å²) in [5, 5.41) is 3.37. The molecular weight excluding hydrogens is 424 g/mol. The normalized spacial score (nSPS) is 18.1. The van der Waals surface area contributed by atoms with Crippen LogP contribution in [-0.2, 0) is 6.42 Å². The number of rotatable bonds is 5. The maximum atomic E-state index is 6.29. The van der Waals surface area contributed by atoms with Crippen LogP contribution in [0.4, 0.5) is 11.6 Å². The number of benzene rings is 1. The Balaban J connectivity index is 1.45. The van der Waals surface area contributed by atoms with Gasteiger partial charge in [0.2, 0.25) is 0 Å². The molecule has 2 aliphatic heterocycles. The Morgan fingerprint density at radius 1 is 1.06 bits per heavy atom. The minimum atomic E-state index is 0.344. The zero-order chi connectivity index (χ0) is 23.7. The van der Waals surface area contributed by atoms with Gasteiger partial charge >= 0.3 is 6.01 Å². The second-order valence-electron chi connectivity index (χ2n) is 9.26. The van der Waals surface area contributed by atoms with Crippen molar-refractivity contribution < 1.29 is 4.74 Å². The molecule has 176 valence electrons. The standard InChI is InChI=1S/C27H32N6O/c1-5-6-20-15-24(28-17-20)29-25-16-26(33-11-9-32(4)10-12-33)31-27(30-25)34-23-8-7-21-13-18(2)14-22(21)19(23)3/h5-8,14-16H,9-13,17H2,1-4H3,(H,28,29,30,31)/b6-5+. The van der Waals surface area contributed by atoms with Crippen molar-refractivity contribution in [1.29, 1.82) is 0 Å². The summed E-state index contributed by atoms with van der Waals surface area (Å²) in [5.74, 6) is 3.15. The molecule has 0 amide bonds. The van der Waals surface area contributed by atoms with Crippen molar-refractivity contribution in [1.82, 2.24) is 14.9 Å². The maximum absolute atomic E-state index is 6.29. The molecule has 0 radical (unpaired) electrons. The molecule has 1 fully saturated rings. The zero-order valence-corrected chi connectivity index (χ0v) is 20.4. The number of hydrogen-bond donors (Lipinski definition) is 1. The van der Waals surface area contributed by atoms with Gasteiger partial charge in [-0.25, -0.2) is 0 Å². The van der Waals surface area contributed by atoms with Gasteiger partial charge in [0.15, 0.2) is 0 Å². The van der Waals surface area contributed by atoms with Gasteiger partial charge in [-0.2, -0.15) is 9.97 Å². The lowest BCUT2D eigenvalue weighted by atomic mass is 10.0. The number of nitrogens with zero attached hydrogens (tertiary/aromatic N) is 5. The molecule has 0 saturated carbocycles. The summed E-state index contributed by atoms with van der Waals surface area (Å²) < 4.78 is 6.29. The van der Waals surface area contributed by atoms with E-state index in [2.05, 4.69) is 65.3 Å². The van der Waals surface area contributed by atoms with E-state index in [1.54, 1.807) is 0 Å². The summed E-state index contributed by atoms with van der Waals surface area (Å²) in [5.41, 5.74) is 6.27. The first-order chi connectivity index (χ1) is 16.5. The highest BCUT2D eigenvalue weighted by Gasteiger charge is 2.20. The molecule has 1 N–H and O–H groups in total. The number of piperazine rings is 1. The fraction of sp³-hybridized carbons (Fsp3) is 0.370. The van der Waals surface area contributed by atoms with Crippen molar-refractivity contribution in [3.63, 3.8) is 0 Å². The number of aromatic nitrogens is 2. The van der Waals surface area contributed by atoms with Crippen molar-refractivity contribution in [3.8, 4) is 11.8 Å². The van der Waals surface area contributed by atoms with Gasteiger partial charge in [0.05, 0.1) is 6.54 Å². The Bertz CT molecular complexity index is 1220. The van der Waals surface area contributed by atoms with E-state index >= 15 is 0 Å². The summed E-state index contributed by atoms with van der Waals surface area (Å²) in [6.45, 7) is 10.8. The minimum Gasteiger partial charge on any atom is -0.424 e. The molecule has 0 bridgehead atoms. The van der Waals surface area contributed by atoms with Gasteiger partial charge in [0, 0.05) is 32.2 Å². The van der Waals surface area contributed by atoms with Crippen LogP contribution in [0.3, 0.4) is 0 Å². The first-order valence-corrected chi connectivity index (χ1v) is 11.9. The van der Waals surface area contributed by atoms with E-state index in [9.17, 15) is 0 Å². The number of allylic oxidation sites excluding steroid dienone is 2. The van der Waals surface area contributed by atoms with Gasteiger partial charge in [-0.15, -0.1) is 0 Å². The fourth-order valence-corrected chi connectivity index (χ4v) is 4.61. The second kappa shape index (κ2) is 9.43. The molecule has 1 saturated heterocycles. The molecule has 0 unspecified atom stereocenters. The highest BCUT2D eigenvalue weighted by molar-refractivity contribution is 6.05. The Morgan fingerprint density at radius 2 is 1.88 bits per heavy atom. The van der Waals surface area contributed by atoms with E-state index in [0.717, 1.165) is 55.6 Å². The highest BCUT2D eigenvalue weighted by atomic mass is 16.5. The van der Waals surface area contributed by atoms with Gasteiger partial charge < -0.3 is 19.9 Å². The molecule has 7 heteroatoms. The average molecular weight is 457 g/mol. The summed E-state index contributed by atoms with van der Waals surface area (Å²) in [7, 11) is 2.15. The lowest BCUT2D eigenvalue weighted by Crippen LogP contribution is -2.44. The summed E-state index contributed by atoms with van der Waals surface area (Å²) >= 11 is 0. The molecule has 1 aliphatic carbocycles. The smallest absolute Gasteiger partial charge is 0.325 e. The fourth-order valence-electron chi connectivity index (χ4n) is 4.61. The van der Waals surface area contributed by atoms with Crippen molar-refractivity contribution in [3.05, 3.63) is 64.3 Å². The topological polar surface area (TPSA) is 65.9 Å². The second-order valence-corrected chi connectivity index (χ2v) is 9.26. The molecule has 0 atom stereocenters. The van der Waals surface area contributed by atoms with Crippen LogP contribution in [0.2, 0.25) is 0 Å². The van der Waals surface area contributed by atoms with Gasteiger partial charge in [0.25, 0.3) is 0 Å². The maximum Gasteiger partial charge on any atom is 0.325 e. The molecule has 2 aromatic rings. The monoisotopic (exact) mass is 456 g/mol. The Morgan fingerprint density at radius 3 is 2.68 bits per heavy atom. The average Bonchev–Trinajstić information content (AvgIpc) is 3.42. The summed E-state index contributed by atoms with van der Waals surface area (Å²) in [6.07, 6.45) is 9.42. The molecule has 7 nitrogen and oxygen atoms in total. The van der Waals surface area contributed by atoms with Crippen molar-refractivity contribution >= 4 is 23.5 Å². The van der Waals surface area contributed by atoms with E-state index in [1.807, 2.05) is 25.1 Å². The van der Waals surface area contributed by atoms with Crippen LogP contribution < -0.4 is 15.0 Å². The molecule has 1 aromatic carbocycles. The number of anilines is 2.